The molecular formula is C19H17Cl2FN4O2. The Balaban J connectivity index is 1.70. The Morgan fingerprint density at radius 3 is 2.64 bits per heavy atom. The molecule has 0 aliphatic heterocycles. The lowest BCUT2D eigenvalue weighted by molar-refractivity contribution is -0.115. The number of aliphatic hydroxyl groups is 1. The number of halogens is 3. The average molecular weight is 423 g/mol. The second-order valence-corrected chi connectivity index (χ2v) is 7.04. The smallest absolute Gasteiger partial charge is 0.230 e. The zero-order valence-corrected chi connectivity index (χ0v) is 16.4. The van der Waals surface area contributed by atoms with Gasteiger partial charge < -0.3 is 10.4 Å². The SMILES string of the molecule is Cc1c(CC(=O)Nc2cc(CO)ccc2F)nnn1Cc1ccc(Cl)c(Cl)c1. The monoisotopic (exact) mass is 422 g/mol. The Hall–Kier alpha value is -2.48. The summed E-state index contributed by atoms with van der Waals surface area (Å²) in [5.41, 5.74) is 2.60. The maximum atomic E-state index is 13.8. The number of rotatable bonds is 6. The number of carbonyl (C=O) groups excluding carboxylic acids is 1. The van der Waals surface area contributed by atoms with Gasteiger partial charge in [0, 0.05) is 0 Å². The van der Waals surface area contributed by atoms with Crippen molar-refractivity contribution >= 4 is 34.8 Å². The van der Waals surface area contributed by atoms with Crippen LogP contribution >= 0.6 is 23.2 Å². The van der Waals surface area contributed by atoms with E-state index >= 15 is 0 Å². The van der Waals surface area contributed by atoms with Crippen molar-refractivity contribution in [3.63, 3.8) is 0 Å². The molecule has 2 aromatic carbocycles. The van der Waals surface area contributed by atoms with Crippen LogP contribution in [0.15, 0.2) is 36.4 Å². The summed E-state index contributed by atoms with van der Waals surface area (Å²) in [6.07, 6.45) is -0.0595. The predicted molar refractivity (Wildman–Crippen MR) is 105 cm³/mol. The lowest BCUT2D eigenvalue weighted by atomic mass is 10.2. The molecule has 0 aliphatic carbocycles. The van der Waals surface area contributed by atoms with Crippen molar-refractivity contribution in [3.8, 4) is 0 Å². The van der Waals surface area contributed by atoms with Crippen molar-refractivity contribution in [2.45, 2.75) is 26.5 Å². The van der Waals surface area contributed by atoms with E-state index < -0.39 is 11.7 Å². The highest BCUT2D eigenvalue weighted by molar-refractivity contribution is 6.42. The average Bonchev–Trinajstić information content (AvgIpc) is 3.00. The van der Waals surface area contributed by atoms with E-state index in [4.69, 9.17) is 28.3 Å². The Morgan fingerprint density at radius 2 is 1.93 bits per heavy atom. The highest BCUT2D eigenvalue weighted by Crippen LogP contribution is 2.23. The van der Waals surface area contributed by atoms with E-state index in [0.29, 0.717) is 33.5 Å². The summed E-state index contributed by atoms with van der Waals surface area (Å²) in [6, 6.07) is 9.31. The topological polar surface area (TPSA) is 80.0 Å². The van der Waals surface area contributed by atoms with E-state index in [9.17, 15) is 9.18 Å². The zero-order valence-electron chi connectivity index (χ0n) is 14.9. The molecule has 3 aromatic rings. The van der Waals surface area contributed by atoms with E-state index in [2.05, 4.69) is 15.6 Å². The van der Waals surface area contributed by atoms with E-state index in [1.807, 2.05) is 6.07 Å². The van der Waals surface area contributed by atoms with Crippen LogP contribution in [0, 0.1) is 12.7 Å². The van der Waals surface area contributed by atoms with Crippen molar-refractivity contribution in [3.05, 3.63) is 74.8 Å². The minimum Gasteiger partial charge on any atom is -0.392 e. The highest BCUT2D eigenvalue weighted by Gasteiger charge is 2.15. The molecule has 2 N–H and O–H groups in total. The van der Waals surface area contributed by atoms with Gasteiger partial charge in [-0.05, 0) is 42.3 Å². The van der Waals surface area contributed by atoms with Gasteiger partial charge in [-0.25, -0.2) is 9.07 Å². The highest BCUT2D eigenvalue weighted by atomic mass is 35.5. The molecule has 0 atom stereocenters. The van der Waals surface area contributed by atoms with Gasteiger partial charge in [-0.15, -0.1) is 5.10 Å². The fourth-order valence-electron chi connectivity index (χ4n) is 2.63. The van der Waals surface area contributed by atoms with Crippen LogP contribution in [0.2, 0.25) is 10.0 Å². The van der Waals surface area contributed by atoms with Gasteiger partial charge in [-0.1, -0.05) is 40.5 Å². The molecule has 3 rings (SSSR count). The maximum absolute atomic E-state index is 13.8. The molecule has 0 bridgehead atoms. The quantitative estimate of drug-likeness (QED) is 0.633. The molecule has 146 valence electrons. The summed E-state index contributed by atoms with van der Waals surface area (Å²) >= 11 is 12.0. The number of anilines is 1. The first kappa shape index (κ1) is 20.3. The van der Waals surface area contributed by atoms with Crippen LogP contribution in [-0.2, 0) is 24.4 Å². The van der Waals surface area contributed by atoms with Gasteiger partial charge in [-0.3, -0.25) is 4.79 Å². The second kappa shape index (κ2) is 8.68. The van der Waals surface area contributed by atoms with Gasteiger partial charge in [0.05, 0.1) is 46.7 Å². The predicted octanol–water partition coefficient (Wildman–Crippen LogP) is 3.75. The van der Waals surface area contributed by atoms with Crippen molar-refractivity contribution in [1.82, 2.24) is 15.0 Å². The minimum atomic E-state index is -0.578. The van der Waals surface area contributed by atoms with E-state index in [0.717, 1.165) is 5.56 Å². The molecule has 1 heterocycles. The normalized spacial score (nSPS) is 10.9. The van der Waals surface area contributed by atoms with Crippen LogP contribution in [0.1, 0.15) is 22.5 Å². The molecule has 1 aromatic heterocycles. The molecule has 6 nitrogen and oxygen atoms in total. The first-order valence-corrected chi connectivity index (χ1v) is 9.15. The summed E-state index contributed by atoms with van der Waals surface area (Å²) in [6.45, 7) is 1.98. The number of nitrogens with zero attached hydrogens (tertiary/aromatic N) is 3. The molecule has 0 radical (unpaired) electrons. The van der Waals surface area contributed by atoms with Gasteiger partial charge in [0.15, 0.2) is 0 Å². The molecule has 0 fully saturated rings. The van der Waals surface area contributed by atoms with Crippen molar-refractivity contribution in [2.24, 2.45) is 0 Å². The molecule has 0 saturated carbocycles. The van der Waals surface area contributed by atoms with Gasteiger partial charge >= 0.3 is 0 Å². The van der Waals surface area contributed by atoms with Crippen LogP contribution in [0.25, 0.3) is 0 Å². The van der Waals surface area contributed by atoms with Gasteiger partial charge in [0.25, 0.3) is 0 Å². The fraction of sp³-hybridized carbons (Fsp3) is 0.211. The molecule has 1 amide bonds. The summed E-state index contributed by atoms with van der Waals surface area (Å²) in [4.78, 5) is 12.3. The standard InChI is InChI=1S/C19H17Cl2FN4O2/c1-11-17(8-19(28)23-18-7-13(10-27)3-5-16(18)22)24-25-26(11)9-12-2-4-14(20)15(21)6-12/h2-7,27H,8-10H2,1H3,(H,23,28). The third-order valence-electron chi connectivity index (χ3n) is 4.21. The van der Waals surface area contributed by atoms with E-state index in [-0.39, 0.29) is 18.7 Å². The Morgan fingerprint density at radius 1 is 1.18 bits per heavy atom. The maximum Gasteiger partial charge on any atom is 0.230 e. The second-order valence-electron chi connectivity index (χ2n) is 6.22. The van der Waals surface area contributed by atoms with Crippen LogP contribution in [0.5, 0.6) is 0 Å². The summed E-state index contributed by atoms with van der Waals surface area (Å²) in [5, 5.41) is 20.7. The third-order valence-corrected chi connectivity index (χ3v) is 4.95. The lowest BCUT2D eigenvalue weighted by Crippen LogP contribution is -2.16. The Kier molecular flexibility index (Phi) is 6.28. The number of hydrogen-bond acceptors (Lipinski definition) is 4. The van der Waals surface area contributed by atoms with Gasteiger partial charge in [0.1, 0.15) is 5.82 Å². The minimum absolute atomic E-state index is 0.0115. The summed E-state index contributed by atoms with van der Waals surface area (Å²) in [7, 11) is 0. The largest absolute Gasteiger partial charge is 0.392 e. The molecule has 0 aliphatic rings. The van der Waals surface area contributed by atoms with Crippen LogP contribution < -0.4 is 5.32 Å². The molecule has 0 unspecified atom stereocenters. The Bertz CT molecular complexity index is 1020. The van der Waals surface area contributed by atoms with Crippen molar-refractivity contribution < 1.29 is 14.3 Å². The van der Waals surface area contributed by atoms with E-state index in [1.165, 1.54) is 18.2 Å². The van der Waals surface area contributed by atoms with Crippen LogP contribution in [0.3, 0.4) is 0 Å². The number of amides is 1. The van der Waals surface area contributed by atoms with Gasteiger partial charge in [0.2, 0.25) is 5.91 Å². The summed E-state index contributed by atoms with van der Waals surface area (Å²) < 4.78 is 15.5. The molecular weight excluding hydrogens is 406 g/mol. The van der Waals surface area contributed by atoms with Crippen molar-refractivity contribution in [1.29, 1.82) is 0 Å². The summed E-state index contributed by atoms with van der Waals surface area (Å²) in [5.74, 6) is -1.01. The van der Waals surface area contributed by atoms with Crippen LogP contribution in [0.4, 0.5) is 10.1 Å². The first-order valence-electron chi connectivity index (χ1n) is 8.39. The number of aliphatic hydroxyl groups excluding tert-OH is 1. The fourth-order valence-corrected chi connectivity index (χ4v) is 2.95. The number of hydrogen-bond donors (Lipinski definition) is 2. The number of aromatic nitrogens is 3. The molecule has 9 heteroatoms. The molecule has 28 heavy (non-hydrogen) atoms. The van der Waals surface area contributed by atoms with E-state index in [1.54, 1.807) is 23.7 Å². The number of carbonyl (C=O) groups is 1. The van der Waals surface area contributed by atoms with Crippen molar-refractivity contribution in [2.75, 3.05) is 5.32 Å². The zero-order chi connectivity index (χ0) is 20.3. The number of nitrogens with one attached hydrogen (secondary N) is 1. The third kappa shape index (κ3) is 4.67. The lowest BCUT2D eigenvalue weighted by Gasteiger charge is -2.08. The number of benzene rings is 2. The first-order chi connectivity index (χ1) is 13.4. The van der Waals surface area contributed by atoms with Gasteiger partial charge in [-0.2, -0.15) is 0 Å². The molecule has 0 saturated heterocycles. The van der Waals surface area contributed by atoms with Crippen LogP contribution in [-0.4, -0.2) is 26.0 Å². The Labute approximate surface area is 170 Å². The molecule has 0 spiro atoms.